The quantitative estimate of drug-likeness (QED) is 0.554. The van der Waals surface area contributed by atoms with Crippen LogP contribution in [0.5, 0.6) is 11.5 Å². The molecule has 0 aliphatic carbocycles. The summed E-state index contributed by atoms with van der Waals surface area (Å²) < 4.78 is 18.6. The van der Waals surface area contributed by atoms with E-state index in [2.05, 4.69) is 42.1 Å². The first-order valence-electron chi connectivity index (χ1n) is 6.77. The number of rotatable bonds is 6. The fourth-order valence-electron chi connectivity index (χ4n) is 1.76. The van der Waals surface area contributed by atoms with Gasteiger partial charge in [0, 0.05) is 8.95 Å². The molecule has 0 unspecified atom stereocenters. The highest BCUT2D eigenvalue weighted by Gasteiger charge is 2.08. The molecule has 0 bridgehead atoms. The molecule has 3 aromatic rings. The predicted molar refractivity (Wildman–Crippen MR) is 91.2 cm³/mol. The Labute approximate surface area is 149 Å². The minimum atomic E-state index is 0.215. The zero-order valence-corrected chi connectivity index (χ0v) is 15.1. The van der Waals surface area contributed by atoms with Crippen LogP contribution in [0.2, 0.25) is 0 Å². The summed E-state index contributed by atoms with van der Waals surface area (Å²) >= 11 is 6.74. The van der Waals surface area contributed by atoms with Crippen LogP contribution in [-0.2, 0) is 13.2 Å². The molecule has 7 heteroatoms. The normalized spacial score (nSPS) is 10.5. The third-order valence-electron chi connectivity index (χ3n) is 2.86. The molecule has 0 saturated heterocycles. The molecule has 0 radical (unpaired) electrons. The van der Waals surface area contributed by atoms with Crippen LogP contribution in [0, 0.1) is 0 Å². The van der Waals surface area contributed by atoms with Crippen LogP contribution in [0.15, 0.2) is 61.9 Å². The van der Waals surface area contributed by atoms with Crippen molar-refractivity contribution in [3.8, 4) is 11.5 Å². The van der Waals surface area contributed by atoms with Gasteiger partial charge >= 0.3 is 0 Å². The average Bonchev–Trinajstić information content (AvgIpc) is 3.02. The highest BCUT2D eigenvalue weighted by molar-refractivity contribution is 9.10. The molecule has 0 N–H and O–H groups in total. The second-order valence-corrected chi connectivity index (χ2v) is 6.41. The smallest absolute Gasteiger partial charge is 0.254 e. The third-order valence-corrected chi connectivity index (χ3v) is 3.92. The third kappa shape index (κ3) is 4.80. The van der Waals surface area contributed by atoms with Crippen molar-refractivity contribution in [3.05, 3.63) is 69.3 Å². The van der Waals surface area contributed by atoms with Crippen LogP contribution in [0.1, 0.15) is 11.8 Å². The largest absolute Gasteiger partial charge is 0.484 e. The SMILES string of the molecule is Brc1ccc(OCc2nnc(COc3ccc(Br)cc3)o2)cc1. The summed E-state index contributed by atoms with van der Waals surface area (Å²) in [5.74, 6) is 2.28. The van der Waals surface area contributed by atoms with Gasteiger partial charge in [0.15, 0.2) is 13.2 Å². The van der Waals surface area contributed by atoms with Gasteiger partial charge in [0.1, 0.15) is 11.5 Å². The van der Waals surface area contributed by atoms with Crippen LogP contribution in [0.3, 0.4) is 0 Å². The molecule has 3 rings (SSSR count). The van der Waals surface area contributed by atoms with E-state index in [0.29, 0.717) is 11.8 Å². The van der Waals surface area contributed by atoms with E-state index in [1.807, 2.05) is 48.5 Å². The summed E-state index contributed by atoms with van der Waals surface area (Å²) in [5.41, 5.74) is 0. The van der Waals surface area contributed by atoms with Crippen molar-refractivity contribution < 1.29 is 13.9 Å². The lowest BCUT2D eigenvalue weighted by Crippen LogP contribution is -1.95. The summed E-state index contributed by atoms with van der Waals surface area (Å²) in [7, 11) is 0. The molecular formula is C16H12Br2N2O3. The molecule has 0 amide bonds. The molecule has 0 aliphatic heterocycles. The lowest BCUT2D eigenvalue weighted by molar-refractivity contribution is 0.232. The molecule has 0 aliphatic rings. The van der Waals surface area contributed by atoms with Gasteiger partial charge in [-0.05, 0) is 48.5 Å². The van der Waals surface area contributed by atoms with Gasteiger partial charge < -0.3 is 13.9 Å². The maximum absolute atomic E-state index is 5.57. The van der Waals surface area contributed by atoms with E-state index in [4.69, 9.17) is 13.9 Å². The summed E-state index contributed by atoms with van der Waals surface area (Å²) in [6.07, 6.45) is 0. The van der Waals surface area contributed by atoms with Gasteiger partial charge in [-0.2, -0.15) is 0 Å². The van der Waals surface area contributed by atoms with Gasteiger partial charge in [0.2, 0.25) is 0 Å². The Bertz CT molecular complexity index is 694. The highest BCUT2D eigenvalue weighted by Crippen LogP contribution is 2.18. The Balaban J connectivity index is 1.51. The second-order valence-electron chi connectivity index (χ2n) is 4.57. The Morgan fingerprint density at radius 2 is 1.09 bits per heavy atom. The first-order valence-corrected chi connectivity index (χ1v) is 8.35. The summed E-state index contributed by atoms with van der Waals surface area (Å²) in [5, 5.41) is 7.87. The van der Waals surface area contributed by atoms with Crippen LogP contribution in [-0.4, -0.2) is 10.2 Å². The lowest BCUT2D eigenvalue weighted by Gasteiger charge is -2.03. The number of hydrogen-bond donors (Lipinski definition) is 0. The van der Waals surface area contributed by atoms with Crippen molar-refractivity contribution in [3.63, 3.8) is 0 Å². The first-order chi connectivity index (χ1) is 11.2. The van der Waals surface area contributed by atoms with Crippen molar-refractivity contribution in [1.29, 1.82) is 0 Å². The molecule has 5 nitrogen and oxygen atoms in total. The summed E-state index contributed by atoms with van der Waals surface area (Å²) in [6.45, 7) is 0.430. The molecule has 1 heterocycles. The predicted octanol–water partition coefficient (Wildman–Crippen LogP) is 4.75. The van der Waals surface area contributed by atoms with E-state index < -0.39 is 0 Å². The molecule has 23 heavy (non-hydrogen) atoms. The highest BCUT2D eigenvalue weighted by atomic mass is 79.9. The minimum Gasteiger partial charge on any atom is -0.484 e. The van der Waals surface area contributed by atoms with E-state index in [1.54, 1.807) is 0 Å². The molecule has 0 spiro atoms. The van der Waals surface area contributed by atoms with E-state index >= 15 is 0 Å². The van der Waals surface area contributed by atoms with Crippen LogP contribution >= 0.6 is 31.9 Å². The Morgan fingerprint density at radius 1 is 0.696 bits per heavy atom. The number of benzene rings is 2. The van der Waals surface area contributed by atoms with E-state index in [-0.39, 0.29) is 13.2 Å². The molecule has 1 aromatic heterocycles. The monoisotopic (exact) mass is 438 g/mol. The molecular weight excluding hydrogens is 428 g/mol. The standard InChI is InChI=1S/C16H12Br2N2O3/c17-11-1-5-13(6-2-11)21-9-15-19-20-16(23-15)10-22-14-7-3-12(18)4-8-14/h1-8H,9-10H2. The minimum absolute atomic E-state index is 0.215. The number of nitrogens with zero attached hydrogens (tertiary/aromatic N) is 2. The van der Waals surface area contributed by atoms with Crippen molar-refractivity contribution in [1.82, 2.24) is 10.2 Å². The van der Waals surface area contributed by atoms with Gasteiger partial charge in [-0.15, -0.1) is 10.2 Å². The molecule has 118 valence electrons. The zero-order valence-electron chi connectivity index (χ0n) is 11.9. The van der Waals surface area contributed by atoms with Gasteiger partial charge in [0.05, 0.1) is 0 Å². The van der Waals surface area contributed by atoms with Crippen LogP contribution in [0.25, 0.3) is 0 Å². The molecule has 0 fully saturated rings. The Morgan fingerprint density at radius 3 is 1.48 bits per heavy atom. The van der Waals surface area contributed by atoms with Crippen molar-refractivity contribution in [2.24, 2.45) is 0 Å². The number of hydrogen-bond acceptors (Lipinski definition) is 5. The molecule has 0 saturated carbocycles. The number of aromatic nitrogens is 2. The maximum atomic E-state index is 5.57. The fraction of sp³-hybridized carbons (Fsp3) is 0.125. The maximum Gasteiger partial charge on any atom is 0.254 e. The van der Waals surface area contributed by atoms with E-state index in [0.717, 1.165) is 20.4 Å². The summed E-state index contributed by atoms with van der Waals surface area (Å²) in [6, 6.07) is 15.1. The Hall–Kier alpha value is -1.86. The number of halogens is 2. The topological polar surface area (TPSA) is 57.4 Å². The van der Waals surface area contributed by atoms with Crippen LogP contribution < -0.4 is 9.47 Å². The van der Waals surface area contributed by atoms with Gasteiger partial charge in [-0.1, -0.05) is 31.9 Å². The van der Waals surface area contributed by atoms with Crippen molar-refractivity contribution in [2.45, 2.75) is 13.2 Å². The number of ether oxygens (including phenoxy) is 2. The van der Waals surface area contributed by atoms with Crippen molar-refractivity contribution >= 4 is 31.9 Å². The van der Waals surface area contributed by atoms with Gasteiger partial charge in [-0.3, -0.25) is 0 Å². The first kappa shape index (κ1) is 16.0. The van der Waals surface area contributed by atoms with E-state index in [9.17, 15) is 0 Å². The average molecular weight is 440 g/mol. The second kappa shape index (κ2) is 7.61. The molecule has 2 aromatic carbocycles. The van der Waals surface area contributed by atoms with Gasteiger partial charge in [0.25, 0.3) is 11.8 Å². The fourth-order valence-corrected chi connectivity index (χ4v) is 2.29. The van der Waals surface area contributed by atoms with Crippen LogP contribution in [0.4, 0.5) is 0 Å². The summed E-state index contributed by atoms with van der Waals surface area (Å²) in [4.78, 5) is 0. The zero-order chi connectivity index (χ0) is 16.1. The lowest BCUT2D eigenvalue weighted by atomic mass is 10.3. The molecule has 0 atom stereocenters. The van der Waals surface area contributed by atoms with E-state index in [1.165, 1.54) is 0 Å². The Kier molecular flexibility index (Phi) is 5.30. The van der Waals surface area contributed by atoms with Gasteiger partial charge in [-0.25, -0.2) is 0 Å². The van der Waals surface area contributed by atoms with Crippen molar-refractivity contribution in [2.75, 3.05) is 0 Å².